The van der Waals surface area contributed by atoms with Crippen LogP contribution in [0.2, 0.25) is 0 Å². The van der Waals surface area contributed by atoms with Gasteiger partial charge in [0.1, 0.15) is 11.1 Å². The number of nitrogens with one attached hydrogen (secondary N) is 1. The van der Waals surface area contributed by atoms with Crippen LogP contribution in [-0.2, 0) is 11.2 Å². The van der Waals surface area contributed by atoms with E-state index in [0.29, 0.717) is 26.2 Å². The summed E-state index contributed by atoms with van der Waals surface area (Å²) >= 11 is 1.57. The number of thiazole rings is 1. The van der Waals surface area contributed by atoms with Gasteiger partial charge in [0.15, 0.2) is 0 Å². The first-order valence-electron chi connectivity index (χ1n) is 8.24. The summed E-state index contributed by atoms with van der Waals surface area (Å²) in [5.74, 6) is 0. The van der Waals surface area contributed by atoms with Crippen molar-refractivity contribution in [1.29, 1.82) is 0 Å². The first-order valence-corrected chi connectivity index (χ1v) is 9.12. The van der Waals surface area contributed by atoms with Crippen LogP contribution in [0.25, 0.3) is 0 Å². The molecule has 1 aromatic carbocycles. The average molecular weight is 345 g/mol. The van der Waals surface area contributed by atoms with Gasteiger partial charge in [-0.1, -0.05) is 18.2 Å². The van der Waals surface area contributed by atoms with Crippen LogP contribution in [0.5, 0.6) is 0 Å². The monoisotopic (exact) mass is 345 g/mol. The van der Waals surface area contributed by atoms with Gasteiger partial charge in [-0.2, -0.15) is 0 Å². The molecule has 0 aliphatic carbocycles. The molecule has 0 unspecified atom stereocenters. The fourth-order valence-corrected chi connectivity index (χ4v) is 3.70. The van der Waals surface area contributed by atoms with Crippen LogP contribution in [0.15, 0.2) is 29.8 Å². The molecule has 5 nitrogen and oxygen atoms in total. The SMILES string of the molecule is Cc1cccc(C)c1CCNC(=O)N1CCO[C@H](c2nccs2)C1. The summed E-state index contributed by atoms with van der Waals surface area (Å²) in [5, 5.41) is 5.90. The molecule has 0 radical (unpaired) electrons. The zero-order chi connectivity index (χ0) is 16.9. The third-order valence-electron chi connectivity index (χ3n) is 4.38. The second-order valence-electron chi connectivity index (χ2n) is 6.03. The van der Waals surface area contributed by atoms with Crippen molar-refractivity contribution in [2.24, 2.45) is 0 Å². The molecule has 2 amide bonds. The standard InChI is InChI=1S/C18H23N3O2S/c1-13-4-3-5-14(2)15(13)6-7-20-18(22)21-9-10-23-16(12-21)17-19-8-11-24-17/h3-5,8,11,16H,6-7,9-10,12H2,1-2H3,(H,20,22)/t16-/m0/s1. The molecule has 1 aliphatic rings. The Labute approximate surface area is 146 Å². The fraction of sp³-hybridized carbons (Fsp3) is 0.444. The van der Waals surface area contributed by atoms with Crippen molar-refractivity contribution in [3.63, 3.8) is 0 Å². The second-order valence-corrected chi connectivity index (χ2v) is 6.95. The molecule has 1 aromatic heterocycles. The maximum atomic E-state index is 12.4. The molecule has 0 bridgehead atoms. The molecule has 0 spiro atoms. The van der Waals surface area contributed by atoms with Gasteiger partial charge in [0.2, 0.25) is 0 Å². The molecule has 24 heavy (non-hydrogen) atoms. The number of aryl methyl sites for hydroxylation is 2. The van der Waals surface area contributed by atoms with Crippen molar-refractivity contribution in [2.75, 3.05) is 26.2 Å². The van der Waals surface area contributed by atoms with Crippen LogP contribution in [0.1, 0.15) is 27.8 Å². The topological polar surface area (TPSA) is 54.5 Å². The Kier molecular flexibility index (Phi) is 5.48. The number of ether oxygens (including phenoxy) is 1. The molecular weight excluding hydrogens is 322 g/mol. The van der Waals surface area contributed by atoms with E-state index in [4.69, 9.17) is 4.74 Å². The van der Waals surface area contributed by atoms with Gasteiger partial charge in [0, 0.05) is 24.7 Å². The number of morpholine rings is 1. The molecule has 6 heteroatoms. The van der Waals surface area contributed by atoms with Gasteiger partial charge >= 0.3 is 6.03 Å². The van der Waals surface area contributed by atoms with Crippen molar-refractivity contribution in [1.82, 2.24) is 15.2 Å². The minimum atomic E-state index is -0.108. The molecule has 1 atom stereocenters. The number of benzene rings is 1. The highest BCUT2D eigenvalue weighted by Crippen LogP contribution is 2.23. The van der Waals surface area contributed by atoms with E-state index < -0.39 is 0 Å². The molecule has 3 rings (SSSR count). The van der Waals surface area contributed by atoms with Gasteiger partial charge < -0.3 is 15.0 Å². The molecule has 2 heterocycles. The molecule has 0 saturated carbocycles. The fourth-order valence-electron chi connectivity index (χ4n) is 3.03. The van der Waals surface area contributed by atoms with E-state index in [1.807, 2.05) is 10.3 Å². The Balaban J connectivity index is 1.51. The third-order valence-corrected chi connectivity index (χ3v) is 5.24. The molecule has 1 saturated heterocycles. The molecule has 128 valence electrons. The van der Waals surface area contributed by atoms with E-state index in [1.165, 1.54) is 16.7 Å². The summed E-state index contributed by atoms with van der Waals surface area (Å²) in [6, 6.07) is 6.28. The molecule has 1 N–H and O–H groups in total. The number of aromatic nitrogens is 1. The zero-order valence-corrected chi connectivity index (χ0v) is 14.9. The molecular formula is C18H23N3O2S. The number of hydrogen-bond acceptors (Lipinski definition) is 4. The van der Waals surface area contributed by atoms with Crippen LogP contribution in [-0.4, -0.2) is 42.2 Å². The lowest BCUT2D eigenvalue weighted by Gasteiger charge is -2.32. The van der Waals surface area contributed by atoms with Crippen LogP contribution < -0.4 is 5.32 Å². The minimum absolute atomic E-state index is 0.0221. The quantitative estimate of drug-likeness (QED) is 0.926. The Morgan fingerprint density at radius 3 is 2.92 bits per heavy atom. The van der Waals surface area contributed by atoms with Gasteiger partial charge in [0.25, 0.3) is 0 Å². The van der Waals surface area contributed by atoms with E-state index in [2.05, 4.69) is 42.3 Å². The van der Waals surface area contributed by atoms with Gasteiger partial charge in [-0.05, 0) is 37.0 Å². The molecule has 1 fully saturated rings. The van der Waals surface area contributed by atoms with Gasteiger partial charge in [-0.15, -0.1) is 11.3 Å². The third kappa shape index (κ3) is 3.94. The van der Waals surface area contributed by atoms with E-state index in [-0.39, 0.29) is 12.1 Å². The smallest absolute Gasteiger partial charge is 0.317 e. The van der Waals surface area contributed by atoms with Crippen LogP contribution in [0, 0.1) is 13.8 Å². The average Bonchev–Trinajstić information content (AvgIpc) is 3.12. The number of carbonyl (C=O) groups is 1. The predicted octanol–water partition coefficient (Wildman–Crippen LogP) is 3.09. The lowest BCUT2D eigenvalue weighted by molar-refractivity contribution is -0.0154. The zero-order valence-electron chi connectivity index (χ0n) is 14.1. The molecule has 1 aliphatic heterocycles. The van der Waals surface area contributed by atoms with E-state index in [9.17, 15) is 4.79 Å². The number of amides is 2. The van der Waals surface area contributed by atoms with E-state index in [0.717, 1.165) is 11.4 Å². The Morgan fingerprint density at radius 2 is 2.21 bits per heavy atom. The summed E-state index contributed by atoms with van der Waals surface area (Å²) in [5.41, 5.74) is 3.87. The van der Waals surface area contributed by atoms with Crippen molar-refractivity contribution in [3.8, 4) is 0 Å². The van der Waals surface area contributed by atoms with E-state index >= 15 is 0 Å². The van der Waals surface area contributed by atoms with Crippen molar-refractivity contribution in [2.45, 2.75) is 26.4 Å². The number of hydrogen-bond donors (Lipinski definition) is 1. The highest BCUT2D eigenvalue weighted by molar-refractivity contribution is 7.09. The summed E-state index contributed by atoms with van der Waals surface area (Å²) < 4.78 is 5.73. The van der Waals surface area contributed by atoms with Gasteiger partial charge in [-0.25, -0.2) is 9.78 Å². The highest BCUT2D eigenvalue weighted by Gasteiger charge is 2.26. The van der Waals surface area contributed by atoms with Crippen LogP contribution >= 0.6 is 11.3 Å². The number of nitrogens with zero attached hydrogens (tertiary/aromatic N) is 2. The number of rotatable bonds is 4. The first-order chi connectivity index (χ1) is 11.6. The minimum Gasteiger partial charge on any atom is -0.367 e. The van der Waals surface area contributed by atoms with Crippen molar-refractivity contribution in [3.05, 3.63) is 51.5 Å². The Bertz CT molecular complexity index is 667. The number of urea groups is 1. The normalized spacial score (nSPS) is 17.8. The Morgan fingerprint density at radius 1 is 1.42 bits per heavy atom. The first kappa shape index (κ1) is 16.9. The summed E-state index contributed by atoms with van der Waals surface area (Å²) in [6.45, 7) is 6.60. The Hall–Kier alpha value is -1.92. The highest BCUT2D eigenvalue weighted by atomic mass is 32.1. The summed E-state index contributed by atoms with van der Waals surface area (Å²) in [6.07, 6.45) is 2.51. The van der Waals surface area contributed by atoms with Crippen molar-refractivity contribution < 1.29 is 9.53 Å². The van der Waals surface area contributed by atoms with Gasteiger partial charge in [0.05, 0.1) is 13.2 Å². The number of carbonyl (C=O) groups excluding carboxylic acids is 1. The lowest BCUT2D eigenvalue weighted by atomic mass is 10.0. The van der Waals surface area contributed by atoms with Crippen molar-refractivity contribution >= 4 is 17.4 Å². The van der Waals surface area contributed by atoms with Gasteiger partial charge in [-0.3, -0.25) is 0 Å². The summed E-state index contributed by atoms with van der Waals surface area (Å²) in [4.78, 5) is 18.5. The maximum Gasteiger partial charge on any atom is 0.317 e. The summed E-state index contributed by atoms with van der Waals surface area (Å²) in [7, 11) is 0. The van der Waals surface area contributed by atoms with Crippen LogP contribution in [0.4, 0.5) is 4.79 Å². The van der Waals surface area contributed by atoms with E-state index in [1.54, 1.807) is 17.5 Å². The second kappa shape index (κ2) is 7.77. The largest absolute Gasteiger partial charge is 0.367 e. The predicted molar refractivity (Wildman–Crippen MR) is 95.4 cm³/mol. The molecule has 2 aromatic rings. The van der Waals surface area contributed by atoms with Crippen LogP contribution in [0.3, 0.4) is 0 Å². The lowest BCUT2D eigenvalue weighted by Crippen LogP contribution is -2.47. The maximum absolute atomic E-state index is 12.4.